The molecule has 1 aliphatic heterocycles. The van der Waals surface area contributed by atoms with Crippen LogP contribution in [0.15, 0.2) is 0 Å². The van der Waals surface area contributed by atoms with Gasteiger partial charge in [-0.05, 0) is 25.4 Å². The Kier molecular flexibility index (Phi) is 2.65. The molecule has 98 valence electrons. The van der Waals surface area contributed by atoms with E-state index in [1.54, 1.807) is 0 Å². The minimum absolute atomic E-state index is 0.103. The summed E-state index contributed by atoms with van der Waals surface area (Å²) >= 11 is 5.57. The van der Waals surface area contributed by atoms with Crippen LogP contribution in [0.4, 0.5) is 24.7 Å². The Morgan fingerprint density at radius 3 is 2.50 bits per heavy atom. The molecule has 2 N–H and O–H groups in total. The number of amides is 1. The van der Waals surface area contributed by atoms with E-state index >= 15 is 0 Å². The van der Waals surface area contributed by atoms with Gasteiger partial charge in [-0.15, -0.1) is 0 Å². The first kappa shape index (κ1) is 12.9. The molecule has 0 bridgehead atoms. The van der Waals surface area contributed by atoms with Crippen LogP contribution in [0.25, 0.3) is 0 Å². The van der Waals surface area contributed by atoms with Crippen LogP contribution in [0.1, 0.15) is 12.6 Å². The van der Waals surface area contributed by atoms with Crippen molar-refractivity contribution in [3.05, 3.63) is 11.0 Å². The smallest absolute Gasteiger partial charge is 0.347 e. The summed E-state index contributed by atoms with van der Waals surface area (Å²) in [7, 11) is 0. The van der Waals surface area contributed by atoms with E-state index in [0.29, 0.717) is 0 Å². The van der Waals surface area contributed by atoms with Gasteiger partial charge in [0.05, 0.1) is 5.69 Å². The monoisotopic (exact) mass is 280 g/mol. The topological polar surface area (TPSA) is 66.9 Å². The van der Waals surface area contributed by atoms with Gasteiger partial charge in [-0.2, -0.15) is 18.2 Å². The third-order valence-corrected chi connectivity index (χ3v) is 2.86. The standard InChI is InChI=1S/C9H8ClF3N4O/c1-3-4-5(16-7(10)14-3)17-8(2,6(18)15-4)9(11,12)13/h1-2H3,(H,15,18)(H,14,16,17). The molecule has 2 rings (SSSR count). The largest absolute Gasteiger partial charge is 0.420 e. The van der Waals surface area contributed by atoms with Gasteiger partial charge in [0, 0.05) is 0 Å². The third kappa shape index (κ3) is 1.76. The van der Waals surface area contributed by atoms with Gasteiger partial charge >= 0.3 is 6.18 Å². The average Bonchev–Trinajstić information content (AvgIpc) is 2.19. The van der Waals surface area contributed by atoms with Crippen LogP contribution in [0.3, 0.4) is 0 Å². The van der Waals surface area contributed by atoms with Crippen LogP contribution in [0.2, 0.25) is 5.28 Å². The number of aromatic nitrogens is 2. The Morgan fingerprint density at radius 1 is 1.33 bits per heavy atom. The molecule has 0 radical (unpaired) electrons. The molecule has 1 aromatic heterocycles. The fourth-order valence-corrected chi connectivity index (χ4v) is 1.72. The molecule has 1 aromatic rings. The Morgan fingerprint density at radius 2 is 1.94 bits per heavy atom. The summed E-state index contributed by atoms with van der Waals surface area (Å²) in [6.45, 7) is 2.24. The molecule has 0 aromatic carbocycles. The predicted molar refractivity (Wildman–Crippen MR) is 58.5 cm³/mol. The van der Waals surface area contributed by atoms with Crippen molar-refractivity contribution in [3.63, 3.8) is 0 Å². The molecule has 0 fully saturated rings. The Balaban J connectivity index is 2.55. The number of nitrogens with zero attached hydrogens (tertiary/aromatic N) is 2. The number of fused-ring (bicyclic) bond motifs is 1. The zero-order valence-corrected chi connectivity index (χ0v) is 10.1. The van der Waals surface area contributed by atoms with Gasteiger partial charge in [-0.1, -0.05) is 0 Å². The number of halogens is 4. The highest BCUT2D eigenvalue weighted by molar-refractivity contribution is 6.28. The quantitative estimate of drug-likeness (QED) is 0.715. The molecule has 1 amide bonds. The molecule has 2 heterocycles. The number of carbonyl (C=O) groups is 1. The SMILES string of the molecule is Cc1nc(Cl)nc2c1NC(=O)C(C)(C(F)(F)F)N2. The van der Waals surface area contributed by atoms with Crippen molar-refractivity contribution in [2.45, 2.75) is 25.6 Å². The van der Waals surface area contributed by atoms with Crippen molar-refractivity contribution in [1.82, 2.24) is 9.97 Å². The summed E-state index contributed by atoms with van der Waals surface area (Å²) in [4.78, 5) is 19.0. The molecule has 0 spiro atoms. The maximum Gasteiger partial charge on any atom is 0.420 e. The van der Waals surface area contributed by atoms with Crippen molar-refractivity contribution >= 4 is 29.0 Å². The van der Waals surface area contributed by atoms with Crippen molar-refractivity contribution in [2.24, 2.45) is 0 Å². The van der Waals surface area contributed by atoms with Gasteiger partial charge in [-0.25, -0.2) is 4.98 Å². The summed E-state index contributed by atoms with van der Waals surface area (Å²) in [5.41, 5.74) is -2.36. The summed E-state index contributed by atoms with van der Waals surface area (Å²) in [5, 5.41) is 4.02. The lowest BCUT2D eigenvalue weighted by Crippen LogP contribution is -2.60. The predicted octanol–water partition coefficient (Wildman–Crippen LogP) is 2.12. The van der Waals surface area contributed by atoms with Gasteiger partial charge in [-0.3, -0.25) is 4.79 Å². The molecule has 1 unspecified atom stereocenters. The molecular formula is C9H8ClF3N4O. The van der Waals surface area contributed by atoms with E-state index in [9.17, 15) is 18.0 Å². The zero-order valence-electron chi connectivity index (χ0n) is 9.31. The van der Waals surface area contributed by atoms with Gasteiger partial charge in [0.1, 0.15) is 5.69 Å². The lowest BCUT2D eigenvalue weighted by molar-refractivity contribution is -0.179. The third-order valence-electron chi connectivity index (χ3n) is 2.69. The van der Waals surface area contributed by atoms with Crippen molar-refractivity contribution < 1.29 is 18.0 Å². The number of alkyl halides is 3. The Labute approximate surface area is 105 Å². The maximum absolute atomic E-state index is 12.9. The van der Waals surface area contributed by atoms with Crippen LogP contribution in [0.5, 0.6) is 0 Å². The van der Waals surface area contributed by atoms with Crippen molar-refractivity contribution in [3.8, 4) is 0 Å². The average molecular weight is 281 g/mol. The molecule has 18 heavy (non-hydrogen) atoms. The molecule has 1 atom stereocenters. The lowest BCUT2D eigenvalue weighted by atomic mass is 9.97. The number of nitrogens with one attached hydrogen (secondary N) is 2. The fourth-order valence-electron chi connectivity index (χ4n) is 1.51. The van der Waals surface area contributed by atoms with Gasteiger partial charge in [0.2, 0.25) is 10.8 Å². The van der Waals surface area contributed by atoms with E-state index in [0.717, 1.165) is 6.92 Å². The number of hydrogen-bond donors (Lipinski definition) is 2. The highest BCUT2D eigenvalue weighted by Gasteiger charge is 2.59. The first-order chi connectivity index (χ1) is 8.15. The number of hydrogen-bond acceptors (Lipinski definition) is 4. The second-order valence-electron chi connectivity index (χ2n) is 4.00. The summed E-state index contributed by atoms with van der Waals surface area (Å²) in [5.74, 6) is -1.36. The second-order valence-corrected chi connectivity index (χ2v) is 4.34. The molecule has 5 nitrogen and oxygen atoms in total. The van der Waals surface area contributed by atoms with Crippen LogP contribution in [-0.4, -0.2) is 27.6 Å². The first-order valence-electron chi connectivity index (χ1n) is 4.85. The van der Waals surface area contributed by atoms with Crippen molar-refractivity contribution in [2.75, 3.05) is 10.6 Å². The fraction of sp³-hybridized carbons (Fsp3) is 0.444. The normalized spacial score (nSPS) is 23.1. The molecule has 0 saturated heterocycles. The van der Waals surface area contributed by atoms with Crippen molar-refractivity contribution in [1.29, 1.82) is 0 Å². The molecule has 0 aliphatic carbocycles. The summed E-state index contributed by atoms with van der Waals surface area (Å²) < 4.78 is 38.6. The van der Waals surface area contributed by atoms with E-state index in [2.05, 4.69) is 20.6 Å². The van der Waals surface area contributed by atoms with Gasteiger partial charge < -0.3 is 10.6 Å². The van der Waals surface area contributed by atoms with Crippen LogP contribution in [-0.2, 0) is 4.79 Å². The number of rotatable bonds is 0. The van der Waals surface area contributed by atoms with Crippen LogP contribution >= 0.6 is 11.6 Å². The van der Waals surface area contributed by atoms with Gasteiger partial charge in [0.15, 0.2) is 5.82 Å². The summed E-state index contributed by atoms with van der Waals surface area (Å²) in [6.07, 6.45) is -4.76. The van der Waals surface area contributed by atoms with E-state index in [4.69, 9.17) is 11.6 Å². The highest BCUT2D eigenvalue weighted by atomic mass is 35.5. The van der Waals surface area contributed by atoms with E-state index in [1.807, 2.05) is 0 Å². The summed E-state index contributed by atoms with van der Waals surface area (Å²) in [6, 6.07) is 0. The zero-order chi connectivity index (χ0) is 13.7. The van der Waals surface area contributed by atoms with E-state index in [-0.39, 0.29) is 22.5 Å². The maximum atomic E-state index is 12.9. The van der Waals surface area contributed by atoms with Crippen LogP contribution in [0, 0.1) is 6.92 Å². The Hall–Kier alpha value is -1.57. The lowest BCUT2D eigenvalue weighted by Gasteiger charge is -2.36. The molecule has 9 heteroatoms. The molecule has 0 saturated carbocycles. The number of anilines is 2. The van der Waals surface area contributed by atoms with E-state index in [1.165, 1.54) is 6.92 Å². The van der Waals surface area contributed by atoms with Crippen LogP contribution < -0.4 is 10.6 Å². The molecular weight excluding hydrogens is 273 g/mol. The number of carbonyl (C=O) groups excluding carboxylic acids is 1. The van der Waals surface area contributed by atoms with E-state index < -0.39 is 17.6 Å². The highest BCUT2D eigenvalue weighted by Crippen LogP contribution is 2.40. The Bertz CT molecular complexity index is 533. The number of aryl methyl sites for hydroxylation is 1. The minimum atomic E-state index is -4.76. The minimum Gasteiger partial charge on any atom is -0.347 e. The second kappa shape index (κ2) is 3.71. The van der Waals surface area contributed by atoms with Gasteiger partial charge in [0.25, 0.3) is 5.91 Å². The first-order valence-corrected chi connectivity index (χ1v) is 5.23. The molecule has 1 aliphatic rings.